The van der Waals surface area contributed by atoms with Crippen molar-refractivity contribution in [2.75, 3.05) is 13.1 Å². The van der Waals surface area contributed by atoms with Crippen molar-refractivity contribution in [2.24, 2.45) is 5.92 Å². The number of aromatic nitrogens is 1. The SMILES string of the molecule is Cc1cc(CS(=O)(=O)N2CCC(C=O)CC2)no1. The first kappa shape index (κ1) is 13.2. The molecule has 0 bridgehead atoms. The Hall–Kier alpha value is -1.21. The lowest BCUT2D eigenvalue weighted by Crippen LogP contribution is -2.39. The number of rotatable bonds is 4. The quantitative estimate of drug-likeness (QED) is 0.755. The van der Waals surface area contributed by atoms with Gasteiger partial charge in [0.2, 0.25) is 10.0 Å². The van der Waals surface area contributed by atoms with E-state index in [9.17, 15) is 13.2 Å². The first-order valence-corrected chi connectivity index (χ1v) is 7.47. The summed E-state index contributed by atoms with van der Waals surface area (Å²) >= 11 is 0. The molecule has 0 saturated carbocycles. The van der Waals surface area contributed by atoms with Crippen LogP contribution >= 0.6 is 0 Å². The minimum Gasteiger partial charge on any atom is -0.361 e. The smallest absolute Gasteiger partial charge is 0.219 e. The van der Waals surface area contributed by atoms with E-state index in [1.165, 1.54) is 4.31 Å². The fourth-order valence-electron chi connectivity index (χ4n) is 2.05. The summed E-state index contributed by atoms with van der Waals surface area (Å²) in [6.07, 6.45) is 2.10. The number of aryl methyl sites for hydroxylation is 1. The summed E-state index contributed by atoms with van der Waals surface area (Å²) in [4.78, 5) is 10.6. The molecule has 1 saturated heterocycles. The predicted octanol–water partition coefficient (Wildman–Crippen LogP) is 0.724. The maximum Gasteiger partial charge on any atom is 0.219 e. The molecule has 2 heterocycles. The van der Waals surface area contributed by atoms with Crippen LogP contribution in [-0.2, 0) is 20.6 Å². The van der Waals surface area contributed by atoms with Crippen LogP contribution in [0, 0.1) is 12.8 Å². The minimum atomic E-state index is -3.36. The fourth-order valence-corrected chi connectivity index (χ4v) is 3.51. The van der Waals surface area contributed by atoms with Gasteiger partial charge in [-0.3, -0.25) is 0 Å². The van der Waals surface area contributed by atoms with Crippen LogP contribution < -0.4 is 0 Å². The van der Waals surface area contributed by atoms with Crippen molar-refractivity contribution in [2.45, 2.75) is 25.5 Å². The molecule has 100 valence electrons. The number of piperidine rings is 1. The van der Waals surface area contributed by atoms with Crippen LogP contribution in [0.2, 0.25) is 0 Å². The minimum absolute atomic E-state index is 0.00857. The molecule has 0 amide bonds. The summed E-state index contributed by atoms with van der Waals surface area (Å²) in [6, 6.07) is 1.62. The van der Waals surface area contributed by atoms with Gasteiger partial charge < -0.3 is 9.32 Å². The monoisotopic (exact) mass is 272 g/mol. The van der Waals surface area contributed by atoms with Crippen molar-refractivity contribution < 1.29 is 17.7 Å². The third kappa shape index (κ3) is 2.97. The summed E-state index contributed by atoms with van der Waals surface area (Å²) in [6.45, 7) is 2.53. The highest BCUT2D eigenvalue weighted by molar-refractivity contribution is 7.88. The van der Waals surface area contributed by atoms with Crippen LogP contribution in [0.1, 0.15) is 24.3 Å². The molecule has 6 nitrogen and oxygen atoms in total. The Balaban J connectivity index is 2.01. The van der Waals surface area contributed by atoms with Gasteiger partial charge in [-0.15, -0.1) is 0 Å². The zero-order valence-electron chi connectivity index (χ0n) is 10.2. The third-order valence-electron chi connectivity index (χ3n) is 3.09. The molecule has 1 aromatic rings. The van der Waals surface area contributed by atoms with E-state index in [1.807, 2.05) is 0 Å². The van der Waals surface area contributed by atoms with Crippen molar-refractivity contribution in [1.82, 2.24) is 9.46 Å². The Morgan fingerprint density at radius 3 is 2.67 bits per heavy atom. The normalized spacial score (nSPS) is 18.9. The van der Waals surface area contributed by atoms with Gasteiger partial charge in [0.15, 0.2) is 0 Å². The van der Waals surface area contributed by atoms with Gasteiger partial charge in [-0.2, -0.15) is 0 Å². The maximum atomic E-state index is 12.1. The number of aldehydes is 1. The molecule has 1 aliphatic heterocycles. The van der Waals surface area contributed by atoms with Crippen molar-refractivity contribution in [3.05, 3.63) is 17.5 Å². The molecule has 18 heavy (non-hydrogen) atoms. The highest BCUT2D eigenvalue weighted by Gasteiger charge is 2.28. The van der Waals surface area contributed by atoms with E-state index < -0.39 is 10.0 Å². The second kappa shape index (κ2) is 5.19. The topological polar surface area (TPSA) is 80.5 Å². The van der Waals surface area contributed by atoms with Crippen molar-refractivity contribution in [3.63, 3.8) is 0 Å². The molecule has 1 aliphatic rings. The van der Waals surface area contributed by atoms with Crippen molar-refractivity contribution >= 4 is 16.3 Å². The predicted molar refractivity (Wildman–Crippen MR) is 64.2 cm³/mol. The highest BCUT2D eigenvalue weighted by Crippen LogP contribution is 2.20. The molecule has 0 unspecified atom stereocenters. The van der Waals surface area contributed by atoms with E-state index in [4.69, 9.17) is 4.52 Å². The lowest BCUT2D eigenvalue weighted by atomic mass is 10.0. The molecule has 0 aliphatic carbocycles. The van der Waals surface area contributed by atoms with Gasteiger partial charge in [0, 0.05) is 25.1 Å². The van der Waals surface area contributed by atoms with Gasteiger partial charge in [0.05, 0.1) is 0 Å². The third-order valence-corrected chi connectivity index (χ3v) is 4.90. The van der Waals surface area contributed by atoms with E-state index in [0.29, 0.717) is 37.4 Å². The van der Waals surface area contributed by atoms with Crippen LogP contribution in [0.3, 0.4) is 0 Å². The lowest BCUT2D eigenvalue weighted by molar-refractivity contribution is -0.112. The van der Waals surface area contributed by atoms with Crippen molar-refractivity contribution in [1.29, 1.82) is 0 Å². The summed E-state index contributed by atoms with van der Waals surface area (Å²) < 4.78 is 30.5. The van der Waals surface area contributed by atoms with Crippen LogP contribution in [0.4, 0.5) is 0 Å². The van der Waals surface area contributed by atoms with E-state index in [1.54, 1.807) is 13.0 Å². The van der Waals surface area contributed by atoms with E-state index in [-0.39, 0.29) is 11.7 Å². The van der Waals surface area contributed by atoms with Gasteiger partial charge in [0.1, 0.15) is 23.5 Å². The molecule has 0 radical (unpaired) electrons. The molecular weight excluding hydrogens is 256 g/mol. The second-order valence-corrected chi connectivity index (χ2v) is 6.53. The zero-order valence-corrected chi connectivity index (χ0v) is 11.0. The van der Waals surface area contributed by atoms with Gasteiger partial charge >= 0.3 is 0 Å². The molecule has 2 rings (SSSR count). The molecule has 1 aromatic heterocycles. The van der Waals surface area contributed by atoms with Crippen LogP contribution in [0.25, 0.3) is 0 Å². The average Bonchev–Trinajstić information content (AvgIpc) is 2.74. The van der Waals surface area contributed by atoms with Gasteiger partial charge in [-0.25, -0.2) is 12.7 Å². The largest absolute Gasteiger partial charge is 0.361 e. The number of nitrogens with zero attached hydrogens (tertiary/aromatic N) is 2. The van der Waals surface area contributed by atoms with Crippen LogP contribution in [-0.4, -0.2) is 37.3 Å². The fraction of sp³-hybridized carbons (Fsp3) is 0.636. The highest BCUT2D eigenvalue weighted by atomic mass is 32.2. The molecule has 0 atom stereocenters. The Morgan fingerprint density at radius 2 is 2.17 bits per heavy atom. The number of carbonyl (C=O) groups excluding carboxylic acids is 1. The van der Waals surface area contributed by atoms with Crippen molar-refractivity contribution in [3.8, 4) is 0 Å². The molecular formula is C11H16N2O4S. The van der Waals surface area contributed by atoms with Gasteiger partial charge in [0.25, 0.3) is 0 Å². The molecule has 0 aromatic carbocycles. The first-order chi connectivity index (χ1) is 8.51. The summed E-state index contributed by atoms with van der Waals surface area (Å²) in [5, 5.41) is 3.69. The molecule has 7 heteroatoms. The van der Waals surface area contributed by atoms with E-state index >= 15 is 0 Å². The Morgan fingerprint density at radius 1 is 1.50 bits per heavy atom. The number of carbonyl (C=O) groups is 1. The van der Waals surface area contributed by atoms with Gasteiger partial charge in [-0.1, -0.05) is 5.16 Å². The first-order valence-electron chi connectivity index (χ1n) is 5.86. The zero-order chi connectivity index (χ0) is 13.2. The summed E-state index contributed by atoms with van der Waals surface area (Å²) in [5.41, 5.74) is 0.421. The van der Waals surface area contributed by atoms with Crippen LogP contribution in [0.5, 0.6) is 0 Å². The Kier molecular flexibility index (Phi) is 3.82. The molecule has 0 spiro atoms. The molecule has 0 N–H and O–H groups in total. The Bertz CT molecular complexity index is 515. The number of hydrogen-bond acceptors (Lipinski definition) is 5. The van der Waals surface area contributed by atoms with E-state index in [2.05, 4.69) is 5.16 Å². The number of hydrogen-bond donors (Lipinski definition) is 0. The standard InChI is InChI=1S/C11H16N2O4S/c1-9-6-11(12-17-9)8-18(15,16)13-4-2-10(7-14)3-5-13/h6-7,10H,2-5,8H2,1H3. The van der Waals surface area contributed by atoms with Crippen LogP contribution in [0.15, 0.2) is 10.6 Å². The van der Waals surface area contributed by atoms with E-state index in [0.717, 1.165) is 6.29 Å². The summed E-state index contributed by atoms with van der Waals surface area (Å²) in [5.74, 6) is 0.446. The van der Waals surface area contributed by atoms with Gasteiger partial charge in [-0.05, 0) is 19.8 Å². The second-order valence-electron chi connectivity index (χ2n) is 4.56. The number of sulfonamides is 1. The maximum absolute atomic E-state index is 12.1. The molecule has 1 fully saturated rings. The lowest BCUT2D eigenvalue weighted by Gasteiger charge is -2.28. The summed E-state index contributed by atoms with van der Waals surface area (Å²) in [7, 11) is -3.36. The average molecular weight is 272 g/mol. The Labute approximate surface area is 106 Å².